The van der Waals surface area contributed by atoms with Gasteiger partial charge in [0.05, 0.1) is 0 Å². The van der Waals surface area contributed by atoms with Gasteiger partial charge in [-0.15, -0.1) is 0 Å². The Balaban J connectivity index is 1.70. The molecule has 0 aromatic heterocycles. The topological polar surface area (TPSA) is 26.0 Å². The monoisotopic (exact) mass is 269 g/mol. The molecule has 2 unspecified atom stereocenters. The van der Waals surface area contributed by atoms with Crippen molar-refractivity contribution >= 4 is 0 Å². The van der Waals surface area contributed by atoms with Crippen molar-refractivity contribution in [1.29, 1.82) is 0 Å². The van der Waals surface area contributed by atoms with E-state index in [0.29, 0.717) is 5.41 Å². The maximum atomic E-state index is 5.88. The molecule has 4 saturated carbocycles. The van der Waals surface area contributed by atoms with Crippen LogP contribution in [0.5, 0.6) is 0 Å². The van der Waals surface area contributed by atoms with E-state index in [0.717, 1.165) is 30.2 Å². The van der Waals surface area contributed by atoms with Gasteiger partial charge in [-0.3, -0.25) is 0 Å². The first-order valence-corrected chi connectivity index (χ1v) is 8.48. The Morgan fingerprint density at radius 2 is 1.80 bits per heavy atom. The van der Waals surface area contributed by atoms with Gasteiger partial charge in [0.15, 0.2) is 0 Å². The van der Waals surface area contributed by atoms with Crippen LogP contribution in [0.15, 0.2) is 24.3 Å². The SMILES string of the molecule is Cc1ccccc1C12CC3CC(C1)C(CCN)C(C3)C2. The molecular weight excluding hydrogens is 242 g/mol. The predicted octanol–water partition coefficient (Wildman–Crippen LogP) is 4.04. The lowest BCUT2D eigenvalue weighted by Crippen LogP contribution is -2.53. The second kappa shape index (κ2) is 4.59. The highest BCUT2D eigenvalue weighted by Crippen LogP contribution is 2.63. The van der Waals surface area contributed by atoms with Gasteiger partial charge in [0.2, 0.25) is 0 Å². The van der Waals surface area contributed by atoms with Crippen LogP contribution in [0.25, 0.3) is 0 Å². The van der Waals surface area contributed by atoms with Gasteiger partial charge in [-0.05, 0) is 92.2 Å². The Labute approximate surface area is 122 Å². The summed E-state index contributed by atoms with van der Waals surface area (Å²) in [7, 11) is 0. The number of hydrogen-bond acceptors (Lipinski definition) is 1. The molecule has 4 fully saturated rings. The van der Waals surface area contributed by atoms with Crippen molar-refractivity contribution in [2.24, 2.45) is 29.4 Å². The lowest BCUT2D eigenvalue weighted by molar-refractivity contribution is -0.0583. The Hall–Kier alpha value is -0.820. The van der Waals surface area contributed by atoms with Gasteiger partial charge in [-0.1, -0.05) is 24.3 Å². The summed E-state index contributed by atoms with van der Waals surface area (Å²) in [6, 6.07) is 9.17. The summed E-state index contributed by atoms with van der Waals surface area (Å²) in [4.78, 5) is 0. The van der Waals surface area contributed by atoms with Crippen LogP contribution in [0.3, 0.4) is 0 Å². The summed E-state index contributed by atoms with van der Waals surface area (Å²) in [6.07, 6.45) is 8.60. The average molecular weight is 269 g/mol. The first kappa shape index (κ1) is 12.9. The molecule has 0 spiro atoms. The molecule has 0 heterocycles. The highest BCUT2D eigenvalue weighted by Gasteiger charge is 2.55. The van der Waals surface area contributed by atoms with E-state index in [1.807, 2.05) is 0 Å². The van der Waals surface area contributed by atoms with Crippen molar-refractivity contribution in [3.63, 3.8) is 0 Å². The number of nitrogens with two attached hydrogens (primary N) is 1. The molecule has 0 radical (unpaired) electrons. The Morgan fingerprint density at radius 3 is 2.45 bits per heavy atom. The third-order valence-electron chi connectivity index (χ3n) is 6.68. The Bertz CT molecular complexity index is 490. The molecule has 2 N–H and O–H groups in total. The average Bonchev–Trinajstić information content (AvgIpc) is 2.42. The highest BCUT2D eigenvalue weighted by molar-refractivity contribution is 5.36. The lowest BCUT2D eigenvalue weighted by Gasteiger charge is -2.61. The van der Waals surface area contributed by atoms with Crippen LogP contribution in [0.2, 0.25) is 0 Å². The fraction of sp³-hybridized carbons (Fsp3) is 0.684. The first-order valence-electron chi connectivity index (χ1n) is 8.48. The maximum absolute atomic E-state index is 5.88. The van der Waals surface area contributed by atoms with Gasteiger partial charge in [0.25, 0.3) is 0 Å². The van der Waals surface area contributed by atoms with Crippen molar-refractivity contribution in [1.82, 2.24) is 0 Å². The van der Waals surface area contributed by atoms with Crippen LogP contribution in [0, 0.1) is 30.6 Å². The van der Waals surface area contributed by atoms with E-state index in [9.17, 15) is 0 Å². The summed E-state index contributed by atoms with van der Waals surface area (Å²) < 4.78 is 0. The molecular formula is C19H27N. The van der Waals surface area contributed by atoms with Crippen molar-refractivity contribution < 1.29 is 0 Å². The van der Waals surface area contributed by atoms with Crippen LogP contribution in [0.1, 0.15) is 49.7 Å². The summed E-state index contributed by atoms with van der Waals surface area (Å²) >= 11 is 0. The minimum atomic E-state index is 0.521. The molecule has 2 atom stereocenters. The molecule has 1 aromatic rings. The van der Waals surface area contributed by atoms with Gasteiger partial charge in [-0.2, -0.15) is 0 Å². The van der Waals surface area contributed by atoms with Crippen LogP contribution < -0.4 is 5.73 Å². The van der Waals surface area contributed by atoms with Crippen molar-refractivity contribution in [3.05, 3.63) is 35.4 Å². The standard InChI is InChI=1S/C19H27N/c1-13-4-2-3-5-18(13)19-10-14-8-15(11-19)17(6-7-20)16(9-14)12-19/h2-5,14-17H,6-12,20H2,1H3. The van der Waals surface area contributed by atoms with Crippen LogP contribution >= 0.6 is 0 Å². The zero-order valence-corrected chi connectivity index (χ0v) is 12.6. The zero-order chi connectivity index (χ0) is 13.7. The van der Waals surface area contributed by atoms with Gasteiger partial charge in [0, 0.05) is 0 Å². The number of hydrogen-bond donors (Lipinski definition) is 1. The third-order valence-corrected chi connectivity index (χ3v) is 6.68. The molecule has 0 saturated heterocycles. The largest absolute Gasteiger partial charge is 0.330 e. The van der Waals surface area contributed by atoms with Gasteiger partial charge in [-0.25, -0.2) is 0 Å². The van der Waals surface area contributed by atoms with Crippen LogP contribution in [-0.2, 0) is 5.41 Å². The number of aryl methyl sites for hydroxylation is 1. The van der Waals surface area contributed by atoms with Crippen molar-refractivity contribution in [3.8, 4) is 0 Å². The molecule has 108 valence electrons. The van der Waals surface area contributed by atoms with E-state index >= 15 is 0 Å². The van der Waals surface area contributed by atoms with Gasteiger partial charge < -0.3 is 5.73 Å². The van der Waals surface area contributed by atoms with Crippen molar-refractivity contribution in [2.75, 3.05) is 6.54 Å². The van der Waals surface area contributed by atoms with Crippen LogP contribution in [-0.4, -0.2) is 6.54 Å². The molecule has 5 rings (SSSR count). The van der Waals surface area contributed by atoms with Crippen molar-refractivity contribution in [2.45, 2.75) is 50.9 Å². The van der Waals surface area contributed by atoms with E-state index in [2.05, 4.69) is 31.2 Å². The van der Waals surface area contributed by atoms with Gasteiger partial charge >= 0.3 is 0 Å². The van der Waals surface area contributed by atoms with E-state index in [-0.39, 0.29) is 0 Å². The molecule has 1 heteroatoms. The molecule has 4 aliphatic carbocycles. The highest BCUT2D eigenvalue weighted by atomic mass is 14.6. The molecule has 1 nitrogen and oxygen atoms in total. The quantitative estimate of drug-likeness (QED) is 0.880. The Kier molecular flexibility index (Phi) is 2.96. The number of benzene rings is 1. The van der Waals surface area contributed by atoms with Crippen LogP contribution in [0.4, 0.5) is 0 Å². The molecule has 4 aliphatic rings. The zero-order valence-electron chi connectivity index (χ0n) is 12.6. The summed E-state index contributed by atoms with van der Waals surface area (Å²) in [5.74, 6) is 3.86. The maximum Gasteiger partial charge on any atom is -0.00362 e. The molecule has 1 aromatic carbocycles. The lowest BCUT2D eigenvalue weighted by atomic mass is 9.44. The number of rotatable bonds is 3. The van der Waals surface area contributed by atoms with E-state index in [1.54, 1.807) is 5.56 Å². The fourth-order valence-corrected chi connectivity index (χ4v) is 6.29. The molecule has 0 amide bonds. The second-order valence-electron chi connectivity index (χ2n) is 7.81. The van der Waals surface area contributed by atoms with E-state index < -0.39 is 0 Å². The second-order valence-corrected chi connectivity index (χ2v) is 7.81. The fourth-order valence-electron chi connectivity index (χ4n) is 6.29. The normalized spacial score (nSPS) is 42.1. The first-order chi connectivity index (χ1) is 9.72. The minimum absolute atomic E-state index is 0.521. The summed E-state index contributed by atoms with van der Waals surface area (Å²) in [5.41, 5.74) is 9.59. The Morgan fingerprint density at radius 1 is 1.10 bits per heavy atom. The minimum Gasteiger partial charge on any atom is -0.330 e. The van der Waals surface area contributed by atoms with E-state index in [1.165, 1.54) is 44.1 Å². The molecule has 4 bridgehead atoms. The van der Waals surface area contributed by atoms with E-state index in [4.69, 9.17) is 5.73 Å². The summed E-state index contributed by atoms with van der Waals surface area (Å²) in [5, 5.41) is 0. The molecule has 0 aliphatic heterocycles. The predicted molar refractivity (Wildman–Crippen MR) is 83.6 cm³/mol. The third kappa shape index (κ3) is 1.79. The van der Waals surface area contributed by atoms with Gasteiger partial charge in [0.1, 0.15) is 0 Å². The molecule has 20 heavy (non-hydrogen) atoms. The summed E-state index contributed by atoms with van der Waals surface area (Å²) in [6.45, 7) is 3.20. The smallest absolute Gasteiger partial charge is 0.00362 e.